The highest BCUT2D eigenvalue weighted by atomic mass is 32.1. The molecule has 0 aromatic carbocycles. The third-order valence-corrected chi connectivity index (χ3v) is 3.32. The van der Waals surface area contributed by atoms with Crippen LogP contribution in [0.5, 0.6) is 0 Å². The van der Waals surface area contributed by atoms with Gasteiger partial charge in [0.05, 0.1) is 11.7 Å². The molecule has 2 N–H and O–H groups in total. The maximum atomic E-state index is 12.9. The molecule has 1 aromatic heterocycles. The molecule has 2 unspecified atom stereocenters. The lowest BCUT2D eigenvalue weighted by atomic mass is 9.96. The van der Waals surface area contributed by atoms with Crippen molar-refractivity contribution in [1.29, 1.82) is 0 Å². The van der Waals surface area contributed by atoms with Gasteiger partial charge in [-0.2, -0.15) is 4.37 Å². The van der Waals surface area contributed by atoms with E-state index in [1.54, 1.807) is 0 Å². The van der Waals surface area contributed by atoms with Crippen molar-refractivity contribution >= 4 is 11.5 Å². The van der Waals surface area contributed by atoms with Crippen LogP contribution in [0.1, 0.15) is 31.0 Å². The average Bonchev–Trinajstić information content (AvgIpc) is 2.72. The van der Waals surface area contributed by atoms with Crippen LogP contribution >= 0.6 is 11.5 Å². The standard InChI is InChI=1S/C9H12F2N2S/c10-9(11)3-1-6(5-9)8(12)7-2-4-14-13-7/h2,4,6,8H,1,3,5,12H2. The molecular formula is C9H12F2N2S. The van der Waals surface area contributed by atoms with Crippen LogP contribution in [0.15, 0.2) is 11.4 Å². The van der Waals surface area contributed by atoms with Crippen LogP contribution < -0.4 is 5.73 Å². The number of hydrogen-bond donors (Lipinski definition) is 1. The average molecular weight is 218 g/mol. The number of aromatic nitrogens is 1. The highest BCUT2D eigenvalue weighted by Gasteiger charge is 2.42. The molecule has 2 atom stereocenters. The van der Waals surface area contributed by atoms with Crippen LogP contribution in [0.4, 0.5) is 8.78 Å². The Balaban J connectivity index is 2.04. The molecular weight excluding hydrogens is 206 g/mol. The quantitative estimate of drug-likeness (QED) is 0.828. The Bertz CT molecular complexity index is 300. The predicted molar refractivity (Wildman–Crippen MR) is 51.3 cm³/mol. The van der Waals surface area contributed by atoms with E-state index in [2.05, 4.69) is 4.37 Å². The summed E-state index contributed by atoms with van der Waals surface area (Å²) in [6.45, 7) is 0. The van der Waals surface area contributed by atoms with Crippen molar-refractivity contribution in [3.8, 4) is 0 Å². The molecule has 1 aliphatic rings. The SMILES string of the molecule is NC(c1ccsn1)C1CCC(F)(F)C1. The molecule has 0 radical (unpaired) electrons. The lowest BCUT2D eigenvalue weighted by molar-refractivity contribution is 0.00386. The van der Waals surface area contributed by atoms with Crippen molar-refractivity contribution in [3.05, 3.63) is 17.1 Å². The molecule has 14 heavy (non-hydrogen) atoms. The number of alkyl halides is 2. The number of nitrogens with two attached hydrogens (primary N) is 1. The van der Waals surface area contributed by atoms with Gasteiger partial charge >= 0.3 is 0 Å². The van der Waals surface area contributed by atoms with Gasteiger partial charge in [-0.15, -0.1) is 0 Å². The summed E-state index contributed by atoms with van der Waals surface area (Å²) < 4.78 is 29.9. The zero-order chi connectivity index (χ0) is 10.2. The Morgan fingerprint density at radius 3 is 2.93 bits per heavy atom. The van der Waals surface area contributed by atoms with E-state index in [-0.39, 0.29) is 24.8 Å². The largest absolute Gasteiger partial charge is 0.322 e. The Morgan fingerprint density at radius 1 is 1.64 bits per heavy atom. The zero-order valence-corrected chi connectivity index (χ0v) is 8.44. The van der Waals surface area contributed by atoms with E-state index in [9.17, 15) is 8.78 Å². The monoisotopic (exact) mass is 218 g/mol. The van der Waals surface area contributed by atoms with Crippen molar-refractivity contribution in [2.45, 2.75) is 31.2 Å². The molecule has 5 heteroatoms. The van der Waals surface area contributed by atoms with Crippen molar-refractivity contribution in [2.24, 2.45) is 11.7 Å². The third-order valence-electron chi connectivity index (χ3n) is 2.75. The van der Waals surface area contributed by atoms with Gasteiger partial charge in [0.2, 0.25) is 5.92 Å². The van der Waals surface area contributed by atoms with E-state index >= 15 is 0 Å². The molecule has 1 aliphatic carbocycles. The van der Waals surface area contributed by atoms with Gasteiger partial charge in [-0.3, -0.25) is 0 Å². The molecule has 0 spiro atoms. The van der Waals surface area contributed by atoms with Crippen LogP contribution in [0, 0.1) is 5.92 Å². The molecule has 0 amide bonds. The Kier molecular flexibility index (Phi) is 2.53. The van der Waals surface area contributed by atoms with E-state index in [4.69, 9.17) is 5.73 Å². The number of rotatable bonds is 2. The maximum Gasteiger partial charge on any atom is 0.248 e. The van der Waals surface area contributed by atoms with Crippen molar-refractivity contribution in [2.75, 3.05) is 0 Å². The lowest BCUT2D eigenvalue weighted by Crippen LogP contribution is -2.21. The van der Waals surface area contributed by atoms with E-state index in [1.165, 1.54) is 11.5 Å². The van der Waals surface area contributed by atoms with Gasteiger partial charge in [0, 0.05) is 18.2 Å². The molecule has 78 valence electrons. The third kappa shape index (κ3) is 1.93. The van der Waals surface area contributed by atoms with Crippen molar-refractivity contribution < 1.29 is 8.78 Å². The van der Waals surface area contributed by atoms with Crippen LogP contribution in [0.3, 0.4) is 0 Å². The van der Waals surface area contributed by atoms with E-state index in [0.29, 0.717) is 6.42 Å². The number of nitrogens with zero attached hydrogens (tertiary/aromatic N) is 1. The van der Waals surface area contributed by atoms with Gasteiger partial charge in [0.25, 0.3) is 0 Å². The van der Waals surface area contributed by atoms with Gasteiger partial charge in [0.15, 0.2) is 0 Å². The summed E-state index contributed by atoms with van der Waals surface area (Å²) in [4.78, 5) is 0. The molecule has 1 aromatic rings. The first-order valence-corrected chi connectivity index (χ1v) is 5.46. The second-order valence-corrected chi connectivity index (χ2v) is 4.47. The second-order valence-electron chi connectivity index (χ2n) is 3.81. The Morgan fingerprint density at radius 2 is 2.43 bits per heavy atom. The highest BCUT2D eigenvalue weighted by Crippen LogP contribution is 2.43. The summed E-state index contributed by atoms with van der Waals surface area (Å²) in [5.74, 6) is -2.63. The number of halogens is 2. The fraction of sp³-hybridized carbons (Fsp3) is 0.667. The van der Waals surface area contributed by atoms with Crippen LogP contribution in [0.2, 0.25) is 0 Å². The summed E-state index contributed by atoms with van der Waals surface area (Å²) in [7, 11) is 0. The van der Waals surface area contributed by atoms with E-state index < -0.39 is 5.92 Å². The minimum absolute atomic E-state index is 0.0322. The van der Waals surface area contributed by atoms with E-state index in [0.717, 1.165) is 5.69 Å². The summed E-state index contributed by atoms with van der Waals surface area (Å²) in [5.41, 5.74) is 6.62. The molecule has 1 saturated carbocycles. The first-order chi connectivity index (χ1) is 6.58. The van der Waals surface area contributed by atoms with E-state index in [1.807, 2.05) is 11.4 Å². The molecule has 2 rings (SSSR count). The molecule has 0 bridgehead atoms. The van der Waals surface area contributed by atoms with Gasteiger partial charge in [-0.05, 0) is 29.9 Å². The highest BCUT2D eigenvalue weighted by molar-refractivity contribution is 7.03. The minimum Gasteiger partial charge on any atom is -0.322 e. The number of hydrogen-bond acceptors (Lipinski definition) is 3. The predicted octanol–water partition coefficient (Wildman–Crippen LogP) is 2.58. The molecule has 1 heterocycles. The topological polar surface area (TPSA) is 38.9 Å². The fourth-order valence-corrected chi connectivity index (χ4v) is 2.49. The minimum atomic E-state index is -2.52. The van der Waals surface area contributed by atoms with Gasteiger partial charge in [0.1, 0.15) is 0 Å². The maximum absolute atomic E-state index is 12.9. The summed E-state index contributed by atoms with van der Waals surface area (Å²) in [5, 5.41) is 1.82. The van der Waals surface area contributed by atoms with Gasteiger partial charge < -0.3 is 5.73 Å². The Hall–Kier alpha value is -0.550. The second kappa shape index (κ2) is 3.55. The van der Waals surface area contributed by atoms with Crippen LogP contribution in [-0.2, 0) is 0 Å². The smallest absolute Gasteiger partial charge is 0.248 e. The molecule has 1 fully saturated rings. The first kappa shape index (κ1) is 9.98. The van der Waals surface area contributed by atoms with Gasteiger partial charge in [-0.25, -0.2) is 8.78 Å². The summed E-state index contributed by atoms with van der Waals surface area (Å²) in [6.07, 6.45) is 0.382. The van der Waals surface area contributed by atoms with Crippen LogP contribution in [0.25, 0.3) is 0 Å². The fourth-order valence-electron chi connectivity index (χ4n) is 1.93. The molecule has 2 nitrogen and oxygen atoms in total. The molecule has 0 saturated heterocycles. The molecule has 0 aliphatic heterocycles. The zero-order valence-electron chi connectivity index (χ0n) is 7.62. The summed E-state index contributed by atoms with van der Waals surface area (Å²) in [6, 6.07) is 1.49. The lowest BCUT2D eigenvalue weighted by Gasteiger charge is -2.16. The Labute approximate surface area is 85.3 Å². The van der Waals surface area contributed by atoms with Crippen molar-refractivity contribution in [1.82, 2.24) is 4.37 Å². The first-order valence-electron chi connectivity index (χ1n) is 4.62. The summed E-state index contributed by atoms with van der Waals surface area (Å²) >= 11 is 1.31. The normalized spacial score (nSPS) is 27.8. The van der Waals surface area contributed by atoms with Crippen LogP contribution in [-0.4, -0.2) is 10.3 Å². The van der Waals surface area contributed by atoms with Gasteiger partial charge in [-0.1, -0.05) is 0 Å². The van der Waals surface area contributed by atoms with Crippen molar-refractivity contribution in [3.63, 3.8) is 0 Å².